The molecule has 0 bridgehead atoms. The van der Waals surface area contributed by atoms with Crippen molar-refractivity contribution in [3.05, 3.63) is 0 Å². The number of halogens is 7. The molecule has 0 fully saturated rings. The van der Waals surface area contributed by atoms with Gasteiger partial charge in [0.25, 0.3) is 0 Å². The van der Waals surface area contributed by atoms with Crippen LogP contribution in [0.2, 0.25) is 0 Å². The van der Waals surface area contributed by atoms with Crippen LogP contribution in [0.5, 0.6) is 0 Å². The van der Waals surface area contributed by atoms with Crippen molar-refractivity contribution in [1.29, 1.82) is 0 Å². The maximum atomic E-state index is 12.3. The third-order valence-electron chi connectivity index (χ3n) is 2.10. The van der Waals surface area contributed by atoms with E-state index in [1.165, 1.54) is 7.11 Å². The Bertz CT molecular complexity index is 292. The van der Waals surface area contributed by atoms with E-state index in [4.69, 9.17) is 0 Å². The van der Waals surface area contributed by atoms with E-state index < -0.39 is 29.0 Å². The van der Waals surface area contributed by atoms with Gasteiger partial charge in [-0.15, -0.1) is 0 Å². The fraction of sp³-hybridized carbons (Fsp3) is 0.889. The second-order valence-electron chi connectivity index (χ2n) is 3.79. The molecule has 1 unspecified atom stereocenters. The first-order chi connectivity index (χ1) is 8.41. The van der Waals surface area contributed by atoms with Gasteiger partial charge in [0, 0.05) is 20.7 Å². The van der Waals surface area contributed by atoms with Gasteiger partial charge in [-0.25, -0.2) is 0 Å². The van der Waals surface area contributed by atoms with Crippen molar-refractivity contribution in [2.24, 2.45) is 5.92 Å². The van der Waals surface area contributed by atoms with Gasteiger partial charge in [0.1, 0.15) is 0 Å². The number of amides is 1. The lowest BCUT2D eigenvalue weighted by molar-refractivity contribution is -0.277. The minimum Gasteiger partial charge on any atom is -0.383 e. The van der Waals surface area contributed by atoms with Gasteiger partial charge in [-0.1, -0.05) is 15.9 Å². The van der Waals surface area contributed by atoms with E-state index in [0.29, 0.717) is 4.90 Å². The Morgan fingerprint density at radius 1 is 1.21 bits per heavy atom. The molecule has 0 aromatic carbocycles. The molecule has 114 valence electrons. The van der Waals surface area contributed by atoms with E-state index >= 15 is 0 Å². The topological polar surface area (TPSA) is 29.5 Å². The van der Waals surface area contributed by atoms with E-state index in [2.05, 4.69) is 20.7 Å². The summed E-state index contributed by atoms with van der Waals surface area (Å²) in [5.41, 5.74) is 0. The van der Waals surface area contributed by atoms with Crippen LogP contribution < -0.4 is 0 Å². The van der Waals surface area contributed by atoms with E-state index in [1.54, 1.807) is 0 Å². The Labute approximate surface area is 114 Å². The molecule has 0 saturated heterocycles. The van der Waals surface area contributed by atoms with Crippen LogP contribution in [0.25, 0.3) is 0 Å². The van der Waals surface area contributed by atoms with Crippen LogP contribution in [0.3, 0.4) is 0 Å². The predicted octanol–water partition coefficient (Wildman–Crippen LogP) is 2.60. The SMILES string of the molecule is COCC(Br)CN(C)C(=O)C(C(F)(F)F)C(F)(F)F. The summed E-state index contributed by atoms with van der Waals surface area (Å²) >= 11 is 2.98. The van der Waals surface area contributed by atoms with Crippen molar-refractivity contribution >= 4 is 21.8 Å². The normalized spacial score (nSPS) is 14.6. The summed E-state index contributed by atoms with van der Waals surface area (Å²) in [6.45, 7) is -0.296. The molecule has 0 N–H and O–H groups in total. The van der Waals surface area contributed by atoms with Crippen molar-refractivity contribution in [3.8, 4) is 0 Å². The van der Waals surface area contributed by atoms with Crippen LogP contribution in [0.1, 0.15) is 0 Å². The van der Waals surface area contributed by atoms with Crippen molar-refractivity contribution in [2.45, 2.75) is 17.2 Å². The molecule has 0 radical (unpaired) electrons. The smallest absolute Gasteiger partial charge is 0.383 e. The Morgan fingerprint density at radius 3 is 1.95 bits per heavy atom. The van der Waals surface area contributed by atoms with E-state index in [0.717, 1.165) is 7.05 Å². The zero-order chi connectivity index (χ0) is 15.4. The highest BCUT2D eigenvalue weighted by Crippen LogP contribution is 2.40. The fourth-order valence-corrected chi connectivity index (χ4v) is 2.01. The second-order valence-corrected chi connectivity index (χ2v) is 5.08. The summed E-state index contributed by atoms with van der Waals surface area (Å²) in [5, 5.41) is 0. The van der Waals surface area contributed by atoms with Crippen LogP contribution in [-0.2, 0) is 9.53 Å². The van der Waals surface area contributed by atoms with Gasteiger partial charge in [0.15, 0.2) is 0 Å². The quantitative estimate of drug-likeness (QED) is 0.557. The molecular formula is C9H12BrF6NO2. The highest BCUT2D eigenvalue weighted by molar-refractivity contribution is 9.09. The highest BCUT2D eigenvalue weighted by Gasteiger charge is 2.61. The molecule has 1 amide bonds. The van der Waals surface area contributed by atoms with Gasteiger partial charge in [-0.2, -0.15) is 26.3 Å². The largest absolute Gasteiger partial charge is 0.409 e. The van der Waals surface area contributed by atoms with Gasteiger partial charge in [-0.05, 0) is 0 Å². The third kappa shape index (κ3) is 5.98. The minimum absolute atomic E-state index is 0.0420. The molecule has 0 rings (SSSR count). The van der Waals surface area contributed by atoms with Crippen LogP contribution in [0.15, 0.2) is 0 Å². The first-order valence-electron chi connectivity index (χ1n) is 4.92. The molecule has 0 aromatic rings. The van der Waals surface area contributed by atoms with Crippen LogP contribution in [0.4, 0.5) is 26.3 Å². The van der Waals surface area contributed by atoms with Gasteiger partial charge in [0.2, 0.25) is 11.8 Å². The summed E-state index contributed by atoms with van der Waals surface area (Å²) in [6.07, 6.45) is -11.3. The molecule has 10 heteroatoms. The summed E-state index contributed by atoms with van der Waals surface area (Å²) in [4.78, 5) is 11.1. The van der Waals surface area contributed by atoms with Crippen LogP contribution in [0, 0.1) is 5.92 Å². The molecule has 1 atom stereocenters. The van der Waals surface area contributed by atoms with Crippen LogP contribution in [-0.4, -0.2) is 55.3 Å². The average Bonchev–Trinajstić information content (AvgIpc) is 2.12. The minimum atomic E-state index is -5.67. The number of carbonyl (C=O) groups excluding carboxylic acids is 1. The lowest BCUT2D eigenvalue weighted by Crippen LogP contribution is -2.49. The predicted molar refractivity (Wildman–Crippen MR) is 57.8 cm³/mol. The number of nitrogens with zero attached hydrogens (tertiary/aromatic N) is 1. The number of alkyl halides is 7. The highest BCUT2D eigenvalue weighted by atomic mass is 79.9. The van der Waals surface area contributed by atoms with Gasteiger partial charge in [0.05, 0.1) is 11.4 Å². The maximum absolute atomic E-state index is 12.3. The number of ether oxygens (including phenoxy) is 1. The molecule has 0 spiro atoms. The Kier molecular flexibility index (Phi) is 6.60. The molecule has 0 heterocycles. The first kappa shape index (κ1) is 18.5. The van der Waals surface area contributed by atoms with Crippen molar-refractivity contribution in [2.75, 3.05) is 27.3 Å². The average molecular weight is 360 g/mol. The molecule has 19 heavy (non-hydrogen) atoms. The number of rotatable bonds is 5. The van der Waals surface area contributed by atoms with Crippen molar-refractivity contribution in [1.82, 2.24) is 4.90 Å². The molecule has 0 aliphatic heterocycles. The summed E-state index contributed by atoms with van der Waals surface area (Å²) in [5.74, 6) is -6.05. The molecule has 0 aromatic heterocycles. The standard InChI is InChI=1S/C9H12BrF6NO2/c1-17(3-5(10)4-19-2)7(18)6(8(11,12)13)9(14,15)16/h5-6H,3-4H2,1-2H3. The number of hydrogen-bond donors (Lipinski definition) is 0. The monoisotopic (exact) mass is 359 g/mol. The molecule has 0 aliphatic rings. The van der Waals surface area contributed by atoms with Gasteiger partial charge >= 0.3 is 12.4 Å². The Morgan fingerprint density at radius 2 is 1.63 bits per heavy atom. The Hall–Kier alpha value is -0.510. The number of hydrogen-bond acceptors (Lipinski definition) is 2. The fourth-order valence-electron chi connectivity index (χ4n) is 1.31. The summed E-state index contributed by atoms with van der Waals surface area (Å²) in [7, 11) is 2.18. The zero-order valence-corrected chi connectivity index (χ0v) is 11.6. The first-order valence-corrected chi connectivity index (χ1v) is 5.84. The molecular weight excluding hydrogens is 348 g/mol. The molecule has 3 nitrogen and oxygen atoms in total. The van der Waals surface area contributed by atoms with Gasteiger partial charge in [-0.3, -0.25) is 4.79 Å². The zero-order valence-electron chi connectivity index (χ0n) is 9.98. The lowest BCUT2D eigenvalue weighted by atomic mass is 10.1. The molecule has 0 aliphatic carbocycles. The summed E-state index contributed by atoms with van der Waals surface area (Å²) < 4.78 is 78.5. The van der Waals surface area contributed by atoms with E-state index in [-0.39, 0.29) is 13.2 Å². The number of methoxy groups -OCH3 is 1. The lowest BCUT2D eigenvalue weighted by Gasteiger charge is -2.28. The van der Waals surface area contributed by atoms with Crippen molar-refractivity contribution < 1.29 is 35.9 Å². The second kappa shape index (κ2) is 6.78. The van der Waals surface area contributed by atoms with E-state index in [9.17, 15) is 31.1 Å². The summed E-state index contributed by atoms with van der Waals surface area (Å²) in [6, 6.07) is 0. The third-order valence-corrected chi connectivity index (χ3v) is 2.65. The maximum Gasteiger partial charge on any atom is 0.409 e. The molecule has 0 saturated carbocycles. The van der Waals surface area contributed by atoms with Crippen LogP contribution >= 0.6 is 15.9 Å². The van der Waals surface area contributed by atoms with Gasteiger partial charge < -0.3 is 9.64 Å². The Balaban J connectivity index is 4.92. The van der Waals surface area contributed by atoms with E-state index in [1.807, 2.05) is 0 Å². The number of carbonyl (C=O) groups is 1. The van der Waals surface area contributed by atoms with Crippen molar-refractivity contribution in [3.63, 3.8) is 0 Å².